The summed E-state index contributed by atoms with van der Waals surface area (Å²) in [6.07, 6.45) is -0.484. The van der Waals surface area contributed by atoms with Crippen molar-refractivity contribution in [2.75, 3.05) is 39.4 Å². The van der Waals surface area contributed by atoms with Crippen LogP contribution in [-0.2, 0) is 14.2 Å². The first-order chi connectivity index (χ1) is 10.1. The second-order valence-electron chi connectivity index (χ2n) is 7.65. The van der Waals surface area contributed by atoms with Crippen LogP contribution in [0, 0.1) is 0 Å². The fraction of sp³-hybridized carbons (Fsp3) is 0.938. The van der Waals surface area contributed by atoms with E-state index in [0.717, 1.165) is 32.8 Å². The zero-order valence-corrected chi connectivity index (χ0v) is 14.9. The van der Waals surface area contributed by atoms with Gasteiger partial charge in [-0.25, -0.2) is 4.79 Å². The van der Waals surface area contributed by atoms with Crippen LogP contribution in [0.3, 0.4) is 0 Å². The number of nitrogens with zero attached hydrogens (tertiary/aromatic N) is 1. The maximum atomic E-state index is 11.8. The number of amides is 1. The molecule has 6 heteroatoms. The van der Waals surface area contributed by atoms with Crippen LogP contribution in [0.25, 0.3) is 0 Å². The Balaban J connectivity index is 2.48. The molecular formula is C16H32N2O4. The normalized spacial score (nSPS) is 18.8. The van der Waals surface area contributed by atoms with Gasteiger partial charge in [0, 0.05) is 26.2 Å². The van der Waals surface area contributed by atoms with Crippen molar-refractivity contribution in [2.45, 2.75) is 58.8 Å². The Labute approximate surface area is 134 Å². The van der Waals surface area contributed by atoms with Gasteiger partial charge in [-0.05, 0) is 41.5 Å². The molecule has 0 aliphatic carbocycles. The number of alkyl carbamates (subject to hydrolysis) is 1. The maximum absolute atomic E-state index is 11.8. The Bertz CT molecular complexity index is 341. The topological polar surface area (TPSA) is 60.0 Å². The number of carbonyl (C=O) groups is 1. The second-order valence-corrected chi connectivity index (χ2v) is 7.65. The molecule has 22 heavy (non-hydrogen) atoms. The molecule has 0 aromatic carbocycles. The highest BCUT2D eigenvalue weighted by Gasteiger charge is 2.24. The van der Waals surface area contributed by atoms with E-state index in [0.29, 0.717) is 6.54 Å². The van der Waals surface area contributed by atoms with Gasteiger partial charge in [0.2, 0.25) is 0 Å². The fourth-order valence-electron chi connectivity index (χ4n) is 2.23. The van der Waals surface area contributed by atoms with Crippen molar-refractivity contribution in [1.82, 2.24) is 10.2 Å². The van der Waals surface area contributed by atoms with Crippen LogP contribution in [0.15, 0.2) is 0 Å². The number of rotatable bonds is 5. The first-order valence-electron chi connectivity index (χ1n) is 8.00. The molecule has 0 aromatic rings. The summed E-state index contributed by atoms with van der Waals surface area (Å²) in [5.41, 5.74) is -0.749. The summed E-state index contributed by atoms with van der Waals surface area (Å²) in [4.78, 5) is 14.1. The Morgan fingerprint density at radius 2 is 1.73 bits per heavy atom. The van der Waals surface area contributed by atoms with Crippen LogP contribution in [0.1, 0.15) is 41.5 Å². The highest BCUT2D eigenvalue weighted by molar-refractivity contribution is 5.67. The lowest BCUT2D eigenvalue weighted by Crippen LogP contribution is -2.48. The van der Waals surface area contributed by atoms with E-state index in [-0.39, 0.29) is 11.7 Å². The van der Waals surface area contributed by atoms with Gasteiger partial charge in [0.05, 0.1) is 24.9 Å². The fourth-order valence-corrected chi connectivity index (χ4v) is 2.23. The third kappa shape index (κ3) is 9.23. The lowest BCUT2D eigenvalue weighted by Gasteiger charge is -2.34. The van der Waals surface area contributed by atoms with Crippen LogP contribution >= 0.6 is 0 Å². The van der Waals surface area contributed by atoms with E-state index in [1.54, 1.807) is 0 Å². The number of hydrogen-bond acceptors (Lipinski definition) is 5. The molecule has 0 aromatic heterocycles. The van der Waals surface area contributed by atoms with Gasteiger partial charge in [0.1, 0.15) is 5.60 Å². The van der Waals surface area contributed by atoms with Gasteiger partial charge in [-0.2, -0.15) is 0 Å². The molecule has 1 fully saturated rings. The minimum atomic E-state index is -0.491. The summed E-state index contributed by atoms with van der Waals surface area (Å²) in [6, 6.07) is 0. The van der Waals surface area contributed by atoms with Crippen molar-refractivity contribution in [2.24, 2.45) is 0 Å². The number of carbonyl (C=O) groups excluding carboxylic acids is 1. The highest BCUT2D eigenvalue weighted by atomic mass is 16.6. The molecule has 0 saturated carbocycles. The van der Waals surface area contributed by atoms with Gasteiger partial charge in [0.15, 0.2) is 0 Å². The van der Waals surface area contributed by atoms with E-state index in [1.165, 1.54) is 0 Å². The second kappa shape index (κ2) is 8.13. The Hall–Kier alpha value is -0.850. The van der Waals surface area contributed by atoms with Crippen molar-refractivity contribution in [1.29, 1.82) is 0 Å². The average Bonchev–Trinajstić information content (AvgIpc) is 2.33. The monoisotopic (exact) mass is 316 g/mol. The molecule has 1 amide bonds. The van der Waals surface area contributed by atoms with E-state index < -0.39 is 11.7 Å². The van der Waals surface area contributed by atoms with Gasteiger partial charge in [0.25, 0.3) is 0 Å². The quantitative estimate of drug-likeness (QED) is 0.841. The Morgan fingerprint density at radius 3 is 2.23 bits per heavy atom. The molecule has 1 saturated heterocycles. The zero-order valence-electron chi connectivity index (χ0n) is 14.9. The van der Waals surface area contributed by atoms with E-state index in [9.17, 15) is 4.79 Å². The molecule has 6 nitrogen and oxygen atoms in total. The van der Waals surface area contributed by atoms with Gasteiger partial charge in [-0.3, -0.25) is 4.90 Å². The average molecular weight is 316 g/mol. The maximum Gasteiger partial charge on any atom is 0.407 e. The molecule has 1 unspecified atom stereocenters. The Kier molecular flexibility index (Phi) is 7.09. The standard InChI is InChI=1S/C16H32N2O4/c1-15(2,3)21-13(12-18-7-9-20-10-8-18)11-17-14(19)22-16(4,5)6/h13H,7-12H2,1-6H3,(H,17,19). The van der Waals surface area contributed by atoms with Crippen LogP contribution in [-0.4, -0.2) is 67.7 Å². The summed E-state index contributed by atoms with van der Waals surface area (Å²) in [7, 11) is 0. The van der Waals surface area contributed by atoms with Gasteiger partial charge < -0.3 is 19.5 Å². The summed E-state index contributed by atoms with van der Waals surface area (Å²) >= 11 is 0. The number of ether oxygens (including phenoxy) is 3. The lowest BCUT2D eigenvalue weighted by molar-refractivity contribution is -0.0793. The number of morpholine rings is 1. The molecule has 0 radical (unpaired) electrons. The van der Waals surface area contributed by atoms with Gasteiger partial charge in [-0.15, -0.1) is 0 Å². The summed E-state index contributed by atoms with van der Waals surface area (Å²) < 4.78 is 16.7. The van der Waals surface area contributed by atoms with Crippen molar-refractivity contribution < 1.29 is 19.0 Å². The minimum Gasteiger partial charge on any atom is -0.444 e. The molecule has 1 rings (SSSR count). The predicted octanol–water partition coefficient (Wildman–Crippen LogP) is 2.03. The third-order valence-electron chi connectivity index (χ3n) is 2.96. The first kappa shape index (κ1) is 19.2. The zero-order chi connectivity index (χ0) is 16.8. The Morgan fingerprint density at radius 1 is 1.14 bits per heavy atom. The smallest absolute Gasteiger partial charge is 0.407 e. The van der Waals surface area contributed by atoms with Crippen LogP contribution in [0.5, 0.6) is 0 Å². The van der Waals surface area contributed by atoms with Gasteiger partial charge >= 0.3 is 6.09 Å². The third-order valence-corrected chi connectivity index (χ3v) is 2.96. The number of hydrogen-bond donors (Lipinski definition) is 1. The molecule has 0 spiro atoms. The van der Waals surface area contributed by atoms with Crippen LogP contribution in [0.2, 0.25) is 0 Å². The molecule has 1 N–H and O–H groups in total. The molecule has 1 atom stereocenters. The van der Waals surface area contributed by atoms with Gasteiger partial charge in [-0.1, -0.05) is 0 Å². The first-order valence-corrected chi connectivity index (χ1v) is 8.00. The summed E-state index contributed by atoms with van der Waals surface area (Å²) in [5.74, 6) is 0. The summed E-state index contributed by atoms with van der Waals surface area (Å²) in [6.45, 7) is 16.1. The van der Waals surface area contributed by atoms with Crippen molar-refractivity contribution in [3.8, 4) is 0 Å². The van der Waals surface area contributed by atoms with Crippen molar-refractivity contribution in [3.63, 3.8) is 0 Å². The SMILES string of the molecule is CC(C)(C)OC(=O)NCC(CN1CCOCC1)OC(C)(C)C. The van der Waals surface area contributed by atoms with E-state index >= 15 is 0 Å². The van der Waals surface area contributed by atoms with Crippen LogP contribution in [0.4, 0.5) is 4.79 Å². The van der Waals surface area contributed by atoms with E-state index in [2.05, 4.69) is 10.2 Å². The van der Waals surface area contributed by atoms with Crippen molar-refractivity contribution >= 4 is 6.09 Å². The van der Waals surface area contributed by atoms with Crippen molar-refractivity contribution in [3.05, 3.63) is 0 Å². The molecule has 130 valence electrons. The minimum absolute atomic E-state index is 0.0781. The predicted molar refractivity (Wildman–Crippen MR) is 86.1 cm³/mol. The number of nitrogens with one attached hydrogen (secondary N) is 1. The molecule has 1 aliphatic heterocycles. The van der Waals surface area contributed by atoms with E-state index in [1.807, 2.05) is 41.5 Å². The molecular weight excluding hydrogens is 284 g/mol. The molecule has 0 bridgehead atoms. The largest absolute Gasteiger partial charge is 0.444 e. The highest BCUT2D eigenvalue weighted by Crippen LogP contribution is 2.13. The van der Waals surface area contributed by atoms with Crippen LogP contribution < -0.4 is 5.32 Å². The molecule has 1 heterocycles. The lowest BCUT2D eigenvalue weighted by atomic mass is 10.1. The summed E-state index contributed by atoms with van der Waals surface area (Å²) in [5, 5.41) is 2.81. The molecule has 1 aliphatic rings. The van der Waals surface area contributed by atoms with E-state index in [4.69, 9.17) is 14.2 Å².